The van der Waals surface area contributed by atoms with Crippen molar-refractivity contribution >= 4 is 11.4 Å². The molecule has 0 saturated carbocycles. The van der Waals surface area contributed by atoms with Crippen LogP contribution in [0.25, 0.3) is 5.52 Å². The van der Waals surface area contributed by atoms with Crippen molar-refractivity contribution in [3.63, 3.8) is 0 Å². The molecule has 142 valence electrons. The molecule has 3 aliphatic rings. The summed E-state index contributed by atoms with van der Waals surface area (Å²) in [7, 11) is 0. The number of fused-ring (bicyclic) bond motifs is 1. The molecule has 6 heteroatoms. The summed E-state index contributed by atoms with van der Waals surface area (Å²) in [6.45, 7) is 2.27. The first-order chi connectivity index (χ1) is 13.8. The van der Waals surface area contributed by atoms with Crippen LogP contribution in [0.5, 0.6) is 0 Å². The van der Waals surface area contributed by atoms with E-state index in [4.69, 9.17) is 4.74 Å². The summed E-state index contributed by atoms with van der Waals surface area (Å²) < 4.78 is 8.40. The monoisotopic (exact) mass is 374 g/mol. The SMILES string of the molecule is O=C1C[C@H]2N(Cc3cccc4ccnn34)CC[C@]23OC[C@@H](c2ccccc2)N13. The molecule has 0 radical (unpaired) electrons. The Morgan fingerprint density at radius 1 is 1.11 bits per heavy atom. The summed E-state index contributed by atoms with van der Waals surface area (Å²) in [6.07, 6.45) is 3.22. The Labute approximate surface area is 163 Å². The number of amides is 1. The lowest BCUT2D eigenvalue weighted by Gasteiger charge is -2.33. The lowest BCUT2D eigenvalue weighted by molar-refractivity contribution is -0.138. The van der Waals surface area contributed by atoms with E-state index in [2.05, 4.69) is 40.3 Å². The standard InChI is InChI=1S/C22H22N4O2/c27-21-13-20-22(25(21)19(15-28-22)16-5-2-1-3-6-16)10-12-24(20)14-18-8-4-7-17-9-11-23-26(17)18/h1-9,11,19-20H,10,12-15H2/t19-,20+,22-/m0/s1. The van der Waals surface area contributed by atoms with E-state index in [0.29, 0.717) is 13.0 Å². The number of hydrogen-bond donors (Lipinski definition) is 0. The Hall–Kier alpha value is -2.70. The molecule has 3 atom stereocenters. The fourth-order valence-corrected chi connectivity index (χ4v) is 5.37. The van der Waals surface area contributed by atoms with Crippen LogP contribution in [0.4, 0.5) is 0 Å². The van der Waals surface area contributed by atoms with Crippen LogP contribution in [0.3, 0.4) is 0 Å². The lowest BCUT2D eigenvalue weighted by atomic mass is 10.0. The van der Waals surface area contributed by atoms with E-state index < -0.39 is 5.72 Å². The van der Waals surface area contributed by atoms with E-state index in [0.717, 1.165) is 36.3 Å². The van der Waals surface area contributed by atoms with Gasteiger partial charge in [-0.05, 0) is 23.8 Å². The van der Waals surface area contributed by atoms with Crippen LogP contribution in [-0.2, 0) is 16.1 Å². The third-order valence-electron chi connectivity index (χ3n) is 6.62. The molecule has 6 rings (SSSR count). The molecule has 1 amide bonds. The number of nitrogens with zero attached hydrogens (tertiary/aromatic N) is 4. The van der Waals surface area contributed by atoms with Gasteiger partial charge in [-0.25, -0.2) is 4.52 Å². The van der Waals surface area contributed by atoms with E-state index in [1.807, 2.05) is 39.9 Å². The topological polar surface area (TPSA) is 50.1 Å². The van der Waals surface area contributed by atoms with E-state index in [1.165, 1.54) is 0 Å². The highest BCUT2D eigenvalue weighted by Gasteiger charge is 2.64. The van der Waals surface area contributed by atoms with Crippen LogP contribution in [0.15, 0.2) is 60.8 Å². The largest absolute Gasteiger partial charge is 0.351 e. The molecule has 3 aliphatic heterocycles. The second kappa shape index (κ2) is 5.90. The van der Waals surface area contributed by atoms with Gasteiger partial charge in [-0.15, -0.1) is 0 Å². The first kappa shape index (κ1) is 16.3. The highest BCUT2D eigenvalue weighted by atomic mass is 16.5. The molecule has 3 fully saturated rings. The molecule has 2 aromatic heterocycles. The van der Waals surface area contributed by atoms with Crippen molar-refractivity contribution in [3.8, 4) is 0 Å². The third-order valence-corrected chi connectivity index (χ3v) is 6.62. The average Bonchev–Trinajstić information content (AvgIpc) is 3.46. The number of aromatic nitrogens is 2. The molecule has 28 heavy (non-hydrogen) atoms. The van der Waals surface area contributed by atoms with Crippen molar-refractivity contribution in [3.05, 3.63) is 72.1 Å². The van der Waals surface area contributed by atoms with Crippen LogP contribution >= 0.6 is 0 Å². The van der Waals surface area contributed by atoms with Gasteiger partial charge in [0.15, 0.2) is 5.72 Å². The molecular weight excluding hydrogens is 352 g/mol. The zero-order valence-electron chi connectivity index (χ0n) is 15.6. The summed E-state index contributed by atoms with van der Waals surface area (Å²) in [5.74, 6) is 0.207. The molecular formula is C22H22N4O2. The quantitative estimate of drug-likeness (QED) is 0.707. The van der Waals surface area contributed by atoms with E-state index in [1.54, 1.807) is 0 Å². The summed E-state index contributed by atoms with van der Waals surface area (Å²) in [5, 5.41) is 4.46. The van der Waals surface area contributed by atoms with Gasteiger partial charge in [0.05, 0.1) is 29.9 Å². The van der Waals surface area contributed by atoms with Crippen molar-refractivity contribution in [1.82, 2.24) is 19.4 Å². The van der Waals surface area contributed by atoms with E-state index in [9.17, 15) is 4.79 Å². The number of likely N-dealkylation sites (tertiary alicyclic amines) is 1. The number of benzene rings is 1. The maximum atomic E-state index is 13.0. The van der Waals surface area contributed by atoms with Gasteiger partial charge in [0.25, 0.3) is 0 Å². The van der Waals surface area contributed by atoms with E-state index >= 15 is 0 Å². The van der Waals surface area contributed by atoms with Crippen molar-refractivity contribution in [2.45, 2.75) is 37.2 Å². The molecule has 3 aromatic rings. The van der Waals surface area contributed by atoms with Crippen molar-refractivity contribution < 1.29 is 9.53 Å². The normalized spacial score (nSPS) is 29.6. The maximum Gasteiger partial charge on any atom is 0.227 e. The minimum absolute atomic E-state index is 0.0215. The van der Waals surface area contributed by atoms with Gasteiger partial charge in [0, 0.05) is 32.1 Å². The summed E-state index contributed by atoms with van der Waals surface area (Å²) in [5.41, 5.74) is 2.92. The molecule has 0 unspecified atom stereocenters. The Morgan fingerprint density at radius 2 is 2.00 bits per heavy atom. The predicted octanol–water partition coefficient (Wildman–Crippen LogP) is 2.61. The fourth-order valence-electron chi connectivity index (χ4n) is 5.37. The zero-order chi connectivity index (χ0) is 18.7. The van der Waals surface area contributed by atoms with Crippen LogP contribution in [0.2, 0.25) is 0 Å². The van der Waals surface area contributed by atoms with Gasteiger partial charge in [-0.1, -0.05) is 36.4 Å². The third kappa shape index (κ3) is 2.16. The van der Waals surface area contributed by atoms with Crippen LogP contribution in [-0.4, -0.2) is 50.2 Å². The van der Waals surface area contributed by atoms with Crippen molar-refractivity contribution in [1.29, 1.82) is 0 Å². The molecule has 0 N–H and O–H groups in total. The lowest BCUT2D eigenvalue weighted by Crippen LogP contribution is -2.48. The van der Waals surface area contributed by atoms with Gasteiger partial charge in [0.1, 0.15) is 0 Å². The second-order valence-electron chi connectivity index (χ2n) is 7.97. The molecule has 3 saturated heterocycles. The minimum atomic E-state index is -0.477. The minimum Gasteiger partial charge on any atom is -0.351 e. The first-order valence-electron chi connectivity index (χ1n) is 9.93. The van der Waals surface area contributed by atoms with Crippen LogP contribution in [0.1, 0.15) is 30.1 Å². The van der Waals surface area contributed by atoms with Gasteiger partial charge < -0.3 is 9.64 Å². The van der Waals surface area contributed by atoms with Gasteiger partial charge in [-0.3, -0.25) is 9.69 Å². The number of carbonyl (C=O) groups excluding carboxylic acids is 1. The van der Waals surface area contributed by atoms with Crippen LogP contribution in [0, 0.1) is 0 Å². The Morgan fingerprint density at radius 3 is 2.89 bits per heavy atom. The molecule has 5 heterocycles. The molecule has 0 aliphatic carbocycles. The van der Waals surface area contributed by atoms with Crippen LogP contribution < -0.4 is 0 Å². The second-order valence-corrected chi connectivity index (χ2v) is 7.97. The number of pyridine rings is 1. The van der Waals surface area contributed by atoms with Gasteiger partial charge >= 0.3 is 0 Å². The maximum absolute atomic E-state index is 13.0. The average molecular weight is 374 g/mol. The predicted molar refractivity (Wildman–Crippen MR) is 103 cm³/mol. The zero-order valence-corrected chi connectivity index (χ0v) is 15.6. The number of ether oxygens (including phenoxy) is 1. The smallest absolute Gasteiger partial charge is 0.227 e. The van der Waals surface area contributed by atoms with E-state index in [-0.39, 0.29) is 18.0 Å². The Balaban J connectivity index is 1.31. The highest BCUT2D eigenvalue weighted by molar-refractivity contribution is 5.82. The molecule has 1 aromatic carbocycles. The number of hydrogen-bond acceptors (Lipinski definition) is 4. The molecule has 6 nitrogen and oxygen atoms in total. The molecule has 0 bridgehead atoms. The summed E-state index contributed by atoms with van der Waals surface area (Å²) in [4.78, 5) is 17.5. The highest BCUT2D eigenvalue weighted by Crippen LogP contribution is 2.51. The Bertz CT molecular complexity index is 1050. The number of rotatable bonds is 3. The van der Waals surface area contributed by atoms with Crippen molar-refractivity contribution in [2.24, 2.45) is 0 Å². The van der Waals surface area contributed by atoms with Gasteiger partial charge in [0.2, 0.25) is 5.91 Å². The first-order valence-corrected chi connectivity index (χ1v) is 9.93. The Kier molecular flexibility index (Phi) is 3.43. The number of carbonyl (C=O) groups is 1. The summed E-state index contributed by atoms with van der Waals surface area (Å²) >= 11 is 0. The van der Waals surface area contributed by atoms with Crippen molar-refractivity contribution in [2.75, 3.05) is 13.2 Å². The summed E-state index contributed by atoms with van der Waals surface area (Å²) in [6, 6.07) is 18.6. The fraction of sp³-hybridized carbons (Fsp3) is 0.364. The van der Waals surface area contributed by atoms with Gasteiger partial charge in [-0.2, -0.15) is 5.10 Å². The molecule has 1 spiro atoms.